The van der Waals surface area contributed by atoms with Gasteiger partial charge in [-0.05, 0) is 32.5 Å². The lowest BCUT2D eigenvalue weighted by Crippen LogP contribution is -2.24. The molecule has 0 aliphatic heterocycles. The summed E-state index contributed by atoms with van der Waals surface area (Å²) < 4.78 is 5.32. The molecular formula is C21H43NO2. The van der Waals surface area contributed by atoms with Crippen molar-refractivity contribution in [2.45, 2.75) is 104 Å². The van der Waals surface area contributed by atoms with E-state index in [0.717, 1.165) is 32.5 Å². The Balaban J connectivity index is 3.22. The van der Waals surface area contributed by atoms with Gasteiger partial charge in [0.2, 0.25) is 0 Å². The van der Waals surface area contributed by atoms with E-state index in [4.69, 9.17) is 4.74 Å². The molecule has 0 atom stereocenters. The van der Waals surface area contributed by atoms with Gasteiger partial charge >= 0.3 is 5.97 Å². The van der Waals surface area contributed by atoms with Crippen molar-refractivity contribution in [3.8, 4) is 0 Å². The lowest BCUT2D eigenvalue weighted by Gasteiger charge is -2.17. The molecular weight excluding hydrogens is 298 g/mol. The van der Waals surface area contributed by atoms with Crippen LogP contribution in [0.5, 0.6) is 0 Å². The molecule has 0 aromatic heterocycles. The number of esters is 1. The number of hydrogen-bond donors (Lipinski definition) is 0. The highest BCUT2D eigenvalue weighted by molar-refractivity contribution is 5.69. The van der Waals surface area contributed by atoms with Crippen LogP contribution in [0.3, 0.4) is 0 Å². The number of rotatable bonds is 18. The van der Waals surface area contributed by atoms with E-state index in [1.165, 1.54) is 64.2 Å². The summed E-state index contributed by atoms with van der Waals surface area (Å²) >= 11 is 0. The van der Waals surface area contributed by atoms with Crippen LogP contribution in [-0.4, -0.2) is 37.1 Å². The maximum absolute atomic E-state index is 11.6. The van der Waals surface area contributed by atoms with E-state index in [2.05, 4.69) is 25.7 Å². The molecule has 144 valence electrons. The molecule has 0 bridgehead atoms. The highest BCUT2D eigenvalue weighted by Crippen LogP contribution is 2.11. The van der Waals surface area contributed by atoms with Gasteiger partial charge in [-0.25, -0.2) is 0 Å². The Morgan fingerprint density at radius 1 is 0.708 bits per heavy atom. The average molecular weight is 342 g/mol. The summed E-state index contributed by atoms with van der Waals surface area (Å²) in [6, 6.07) is 0. The molecule has 0 heterocycles. The zero-order valence-corrected chi connectivity index (χ0v) is 16.8. The second kappa shape index (κ2) is 18.8. The Morgan fingerprint density at radius 3 is 1.71 bits per heavy atom. The predicted molar refractivity (Wildman–Crippen MR) is 104 cm³/mol. The Hall–Kier alpha value is -0.570. The molecule has 0 aromatic carbocycles. The largest absolute Gasteiger partial charge is 0.466 e. The van der Waals surface area contributed by atoms with Crippen molar-refractivity contribution in [1.82, 2.24) is 4.90 Å². The molecule has 0 N–H and O–H groups in total. The van der Waals surface area contributed by atoms with Crippen LogP contribution in [0.15, 0.2) is 0 Å². The molecule has 0 saturated carbocycles. The minimum Gasteiger partial charge on any atom is -0.466 e. The minimum absolute atomic E-state index is 0.0192. The van der Waals surface area contributed by atoms with E-state index in [-0.39, 0.29) is 5.97 Å². The van der Waals surface area contributed by atoms with E-state index in [1.54, 1.807) is 0 Å². The third-order valence-electron chi connectivity index (χ3n) is 4.76. The van der Waals surface area contributed by atoms with Gasteiger partial charge in [-0.1, -0.05) is 85.0 Å². The first-order valence-corrected chi connectivity index (χ1v) is 10.6. The van der Waals surface area contributed by atoms with Gasteiger partial charge in [0.25, 0.3) is 0 Å². The molecule has 0 amide bonds. The highest BCUT2D eigenvalue weighted by Gasteiger charge is 2.04. The summed E-state index contributed by atoms with van der Waals surface area (Å²) in [6.07, 6.45) is 16.1. The number of nitrogens with zero attached hydrogens (tertiary/aromatic N) is 1. The number of carbonyl (C=O) groups is 1. The fraction of sp³-hybridized carbons (Fsp3) is 0.952. The standard InChI is InChI=1S/C21H43NO2/c1-4-7-8-9-10-11-12-13-14-15-16-20-24-21(23)18-17-19-22(5-2)6-3/h4-20H2,1-3H3. The van der Waals surface area contributed by atoms with Gasteiger partial charge in [0.1, 0.15) is 0 Å². The molecule has 0 fully saturated rings. The first-order chi connectivity index (χ1) is 11.7. The van der Waals surface area contributed by atoms with Crippen LogP contribution in [-0.2, 0) is 9.53 Å². The maximum atomic E-state index is 11.6. The molecule has 0 radical (unpaired) electrons. The molecule has 0 aliphatic carbocycles. The van der Waals surface area contributed by atoms with E-state index in [9.17, 15) is 4.79 Å². The molecule has 0 aliphatic rings. The second-order valence-corrected chi connectivity index (χ2v) is 6.89. The van der Waals surface area contributed by atoms with E-state index in [1.807, 2.05) is 0 Å². The van der Waals surface area contributed by atoms with Crippen LogP contribution in [0.25, 0.3) is 0 Å². The maximum Gasteiger partial charge on any atom is 0.305 e. The van der Waals surface area contributed by atoms with Crippen molar-refractivity contribution in [3.63, 3.8) is 0 Å². The summed E-state index contributed by atoms with van der Waals surface area (Å²) in [7, 11) is 0. The molecule has 24 heavy (non-hydrogen) atoms. The molecule has 0 spiro atoms. The van der Waals surface area contributed by atoms with Gasteiger partial charge in [-0.3, -0.25) is 4.79 Å². The topological polar surface area (TPSA) is 29.5 Å². The molecule has 3 heteroatoms. The zero-order valence-electron chi connectivity index (χ0n) is 16.8. The van der Waals surface area contributed by atoms with Crippen molar-refractivity contribution >= 4 is 5.97 Å². The Morgan fingerprint density at radius 2 is 1.21 bits per heavy atom. The molecule has 0 aromatic rings. The van der Waals surface area contributed by atoms with Crippen LogP contribution in [0, 0.1) is 0 Å². The molecule has 0 rings (SSSR count). The molecule has 3 nitrogen and oxygen atoms in total. The van der Waals surface area contributed by atoms with Crippen molar-refractivity contribution in [1.29, 1.82) is 0 Å². The molecule has 0 unspecified atom stereocenters. The normalized spacial score (nSPS) is 11.2. The smallest absolute Gasteiger partial charge is 0.305 e. The van der Waals surface area contributed by atoms with Crippen LogP contribution in [0.4, 0.5) is 0 Å². The van der Waals surface area contributed by atoms with Gasteiger partial charge in [-0.15, -0.1) is 0 Å². The minimum atomic E-state index is -0.0192. The first-order valence-electron chi connectivity index (χ1n) is 10.6. The van der Waals surface area contributed by atoms with Crippen molar-refractivity contribution in [3.05, 3.63) is 0 Å². The van der Waals surface area contributed by atoms with Crippen LogP contribution >= 0.6 is 0 Å². The third-order valence-corrected chi connectivity index (χ3v) is 4.76. The summed E-state index contributed by atoms with van der Waals surface area (Å²) in [5.41, 5.74) is 0. The Labute approximate surface area is 151 Å². The Bertz CT molecular complexity index is 265. The highest BCUT2D eigenvalue weighted by atomic mass is 16.5. The van der Waals surface area contributed by atoms with Crippen LogP contribution < -0.4 is 0 Å². The van der Waals surface area contributed by atoms with E-state index in [0.29, 0.717) is 13.0 Å². The van der Waals surface area contributed by atoms with Crippen LogP contribution in [0.2, 0.25) is 0 Å². The number of ether oxygens (including phenoxy) is 1. The van der Waals surface area contributed by atoms with Crippen LogP contribution in [0.1, 0.15) is 104 Å². The SMILES string of the molecule is CCCCCCCCCCCCCOC(=O)CCCN(CC)CC. The van der Waals surface area contributed by atoms with Gasteiger partial charge in [-0.2, -0.15) is 0 Å². The molecule has 0 saturated heterocycles. The third kappa shape index (κ3) is 16.3. The van der Waals surface area contributed by atoms with E-state index < -0.39 is 0 Å². The summed E-state index contributed by atoms with van der Waals surface area (Å²) in [4.78, 5) is 14.0. The van der Waals surface area contributed by atoms with Gasteiger partial charge in [0.05, 0.1) is 6.61 Å². The number of carbonyl (C=O) groups excluding carboxylic acids is 1. The second-order valence-electron chi connectivity index (χ2n) is 6.89. The first kappa shape index (κ1) is 23.4. The fourth-order valence-electron chi connectivity index (χ4n) is 3.01. The lowest BCUT2D eigenvalue weighted by molar-refractivity contribution is -0.143. The quantitative estimate of drug-likeness (QED) is 0.227. The van der Waals surface area contributed by atoms with Gasteiger partial charge in [0, 0.05) is 6.42 Å². The predicted octanol–water partition coefficient (Wildman–Crippen LogP) is 5.96. The van der Waals surface area contributed by atoms with Gasteiger partial charge < -0.3 is 9.64 Å². The van der Waals surface area contributed by atoms with Crippen molar-refractivity contribution in [2.24, 2.45) is 0 Å². The summed E-state index contributed by atoms with van der Waals surface area (Å²) in [6.45, 7) is 10.3. The zero-order chi connectivity index (χ0) is 17.9. The average Bonchev–Trinajstić information content (AvgIpc) is 2.59. The van der Waals surface area contributed by atoms with Crippen molar-refractivity contribution in [2.75, 3.05) is 26.2 Å². The van der Waals surface area contributed by atoms with Gasteiger partial charge in [0.15, 0.2) is 0 Å². The van der Waals surface area contributed by atoms with E-state index >= 15 is 0 Å². The summed E-state index contributed by atoms with van der Waals surface area (Å²) in [5.74, 6) is -0.0192. The lowest BCUT2D eigenvalue weighted by atomic mass is 10.1. The fourth-order valence-corrected chi connectivity index (χ4v) is 3.01. The number of unbranched alkanes of at least 4 members (excludes halogenated alkanes) is 10. The Kier molecular flexibility index (Phi) is 18.3. The van der Waals surface area contributed by atoms with Crippen molar-refractivity contribution < 1.29 is 9.53 Å². The monoisotopic (exact) mass is 341 g/mol. The summed E-state index contributed by atoms with van der Waals surface area (Å²) in [5, 5.41) is 0. The number of hydrogen-bond acceptors (Lipinski definition) is 3.